The maximum absolute atomic E-state index is 12.9. The average Bonchev–Trinajstić information content (AvgIpc) is 3.07. The molecular formula is C23H29N3O4S2. The van der Waals surface area contributed by atoms with Crippen molar-refractivity contribution in [1.82, 2.24) is 8.87 Å². The van der Waals surface area contributed by atoms with Crippen molar-refractivity contribution in [2.24, 2.45) is 4.99 Å². The molecule has 0 radical (unpaired) electrons. The molecule has 3 aromatic rings. The highest BCUT2D eigenvalue weighted by atomic mass is 32.2. The van der Waals surface area contributed by atoms with Crippen LogP contribution in [0.25, 0.3) is 10.2 Å². The maximum Gasteiger partial charge on any atom is 0.279 e. The molecule has 0 unspecified atom stereocenters. The molecule has 3 rings (SSSR count). The Bertz CT molecular complexity index is 1300. The van der Waals surface area contributed by atoms with Crippen LogP contribution in [0.5, 0.6) is 0 Å². The van der Waals surface area contributed by atoms with E-state index in [-0.39, 0.29) is 10.9 Å². The third-order valence-corrected chi connectivity index (χ3v) is 8.61. The van der Waals surface area contributed by atoms with Gasteiger partial charge in [0.05, 0.1) is 21.7 Å². The van der Waals surface area contributed by atoms with Gasteiger partial charge in [0.15, 0.2) is 4.80 Å². The van der Waals surface area contributed by atoms with Gasteiger partial charge in [-0.25, -0.2) is 8.42 Å². The van der Waals surface area contributed by atoms with E-state index in [0.29, 0.717) is 23.5 Å². The fourth-order valence-corrected chi connectivity index (χ4v) is 5.67. The number of benzene rings is 2. The van der Waals surface area contributed by atoms with Crippen LogP contribution in [0.15, 0.2) is 46.3 Å². The number of methoxy groups -OCH3 is 1. The quantitative estimate of drug-likeness (QED) is 0.521. The van der Waals surface area contributed by atoms with Crippen LogP contribution in [0.1, 0.15) is 35.3 Å². The van der Waals surface area contributed by atoms with Crippen LogP contribution in [0.2, 0.25) is 0 Å². The lowest BCUT2D eigenvalue weighted by Gasteiger charge is -2.20. The van der Waals surface area contributed by atoms with E-state index in [9.17, 15) is 13.2 Å². The zero-order valence-electron chi connectivity index (χ0n) is 19.2. The zero-order valence-corrected chi connectivity index (χ0v) is 20.9. The van der Waals surface area contributed by atoms with Crippen molar-refractivity contribution in [2.45, 2.75) is 45.2 Å². The summed E-state index contributed by atoms with van der Waals surface area (Å²) in [6.45, 7) is 8.80. The van der Waals surface area contributed by atoms with Gasteiger partial charge in [-0.15, -0.1) is 0 Å². The first-order valence-corrected chi connectivity index (χ1v) is 12.6. The highest BCUT2D eigenvalue weighted by Crippen LogP contribution is 2.22. The van der Waals surface area contributed by atoms with Crippen molar-refractivity contribution >= 4 is 37.5 Å². The van der Waals surface area contributed by atoms with Crippen LogP contribution >= 0.6 is 11.3 Å². The average molecular weight is 476 g/mol. The van der Waals surface area contributed by atoms with Crippen LogP contribution in [-0.4, -0.2) is 50.0 Å². The number of sulfonamides is 1. The second-order valence-electron chi connectivity index (χ2n) is 7.99. The van der Waals surface area contributed by atoms with Gasteiger partial charge in [-0.2, -0.15) is 9.30 Å². The molecule has 172 valence electrons. The minimum atomic E-state index is -3.61. The van der Waals surface area contributed by atoms with Gasteiger partial charge in [-0.05, 0) is 75.2 Å². The zero-order chi connectivity index (χ0) is 23.6. The number of carbonyl (C=O) groups excluding carboxylic acids is 1. The van der Waals surface area contributed by atoms with Crippen LogP contribution in [0, 0.1) is 13.8 Å². The molecule has 7 nitrogen and oxygen atoms in total. The van der Waals surface area contributed by atoms with Gasteiger partial charge in [-0.1, -0.05) is 11.3 Å². The molecule has 0 spiro atoms. The van der Waals surface area contributed by atoms with E-state index in [4.69, 9.17) is 4.74 Å². The Morgan fingerprint density at radius 1 is 1.16 bits per heavy atom. The van der Waals surface area contributed by atoms with Crippen molar-refractivity contribution in [3.63, 3.8) is 0 Å². The first kappa shape index (κ1) is 24.3. The van der Waals surface area contributed by atoms with Crippen molar-refractivity contribution in [1.29, 1.82) is 0 Å². The van der Waals surface area contributed by atoms with Crippen LogP contribution in [0.4, 0.5) is 0 Å². The highest BCUT2D eigenvalue weighted by Gasteiger charge is 2.23. The van der Waals surface area contributed by atoms with E-state index in [1.54, 1.807) is 21.0 Å². The molecule has 0 aliphatic rings. The number of hydrogen-bond acceptors (Lipinski definition) is 5. The Kier molecular flexibility index (Phi) is 7.34. The smallest absolute Gasteiger partial charge is 0.279 e. The van der Waals surface area contributed by atoms with Gasteiger partial charge in [0.2, 0.25) is 10.0 Å². The molecular weight excluding hydrogens is 446 g/mol. The van der Waals surface area contributed by atoms with Crippen molar-refractivity contribution in [2.75, 3.05) is 20.8 Å². The molecule has 0 atom stereocenters. The van der Waals surface area contributed by atoms with Gasteiger partial charge in [0.25, 0.3) is 5.91 Å². The van der Waals surface area contributed by atoms with E-state index >= 15 is 0 Å². The number of fused-ring (bicyclic) bond motifs is 1. The Labute approximate surface area is 193 Å². The summed E-state index contributed by atoms with van der Waals surface area (Å²) in [5.41, 5.74) is 3.69. The monoisotopic (exact) mass is 475 g/mol. The lowest BCUT2D eigenvalue weighted by atomic mass is 10.1. The Morgan fingerprint density at radius 3 is 2.38 bits per heavy atom. The predicted octanol–water partition coefficient (Wildman–Crippen LogP) is 3.74. The third kappa shape index (κ3) is 4.85. The molecule has 1 amide bonds. The van der Waals surface area contributed by atoms with Crippen molar-refractivity contribution in [3.05, 3.63) is 57.9 Å². The number of rotatable bonds is 7. The summed E-state index contributed by atoms with van der Waals surface area (Å²) >= 11 is 1.45. The standard InChI is InChI=1S/C23H29N3O4S2/c1-15(2)25(5)32(28,29)19-9-7-18(8-10-19)22(27)24-23-26(11-12-30-6)20-13-16(3)17(4)14-21(20)31-23/h7-10,13-15H,11-12H2,1-6H3. The highest BCUT2D eigenvalue weighted by molar-refractivity contribution is 7.89. The molecule has 0 saturated heterocycles. The minimum Gasteiger partial charge on any atom is -0.383 e. The molecule has 32 heavy (non-hydrogen) atoms. The van der Waals surface area contributed by atoms with E-state index in [0.717, 1.165) is 10.2 Å². The lowest BCUT2D eigenvalue weighted by molar-refractivity contribution is 0.0997. The lowest BCUT2D eigenvalue weighted by Crippen LogP contribution is -2.33. The van der Waals surface area contributed by atoms with Crippen LogP contribution < -0.4 is 4.80 Å². The Morgan fingerprint density at radius 2 is 1.78 bits per heavy atom. The first-order chi connectivity index (χ1) is 15.1. The fraction of sp³-hybridized carbons (Fsp3) is 0.391. The van der Waals surface area contributed by atoms with Gasteiger partial charge >= 0.3 is 0 Å². The number of ether oxygens (including phenoxy) is 1. The topological polar surface area (TPSA) is 81.0 Å². The molecule has 0 saturated carbocycles. The largest absolute Gasteiger partial charge is 0.383 e. The molecule has 0 aliphatic carbocycles. The molecule has 0 aliphatic heterocycles. The van der Waals surface area contributed by atoms with Crippen LogP contribution in [0.3, 0.4) is 0 Å². The number of nitrogens with zero attached hydrogens (tertiary/aromatic N) is 3. The van der Waals surface area contributed by atoms with Gasteiger partial charge in [0.1, 0.15) is 0 Å². The Balaban J connectivity index is 2.01. The summed E-state index contributed by atoms with van der Waals surface area (Å²) < 4.78 is 34.9. The summed E-state index contributed by atoms with van der Waals surface area (Å²) in [5, 5.41) is 0. The second-order valence-corrected chi connectivity index (χ2v) is 11.0. The molecule has 0 N–H and O–H groups in total. The number of hydrogen-bond donors (Lipinski definition) is 0. The number of aryl methyl sites for hydroxylation is 2. The van der Waals surface area contributed by atoms with E-state index < -0.39 is 15.9 Å². The number of aromatic nitrogens is 1. The number of carbonyl (C=O) groups is 1. The summed E-state index contributed by atoms with van der Waals surface area (Å²) in [6, 6.07) is 9.96. The predicted molar refractivity (Wildman–Crippen MR) is 128 cm³/mol. The number of thiazole rings is 1. The summed E-state index contributed by atoms with van der Waals surface area (Å²) in [6.07, 6.45) is 0. The molecule has 1 aromatic heterocycles. The summed E-state index contributed by atoms with van der Waals surface area (Å²) in [5.74, 6) is -0.419. The Hall–Kier alpha value is -2.33. The minimum absolute atomic E-state index is 0.147. The van der Waals surface area contributed by atoms with Crippen molar-refractivity contribution in [3.8, 4) is 0 Å². The maximum atomic E-state index is 12.9. The van der Waals surface area contributed by atoms with E-state index in [1.807, 2.05) is 4.57 Å². The molecule has 9 heteroatoms. The van der Waals surface area contributed by atoms with E-state index in [2.05, 4.69) is 31.0 Å². The second kappa shape index (κ2) is 9.66. The normalized spacial score (nSPS) is 12.9. The first-order valence-electron chi connectivity index (χ1n) is 10.3. The molecule has 0 fully saturated rings. The summed E-state index contributed by atoms with van der Waals surface area (Å²) in [4.78, 5) is 18.0. The number of amides is 1. The molecule has 0 bridgehead atoms. The van der Waals surface area contributed by atoms with Gasteiger partial charge in [0, 0.05) is 32.3 Å². The SMILES string of the molecule is COCCn1c(=NC(=O)c2ccc(S(=O)(=O)N(C)C(C)C)cc2)sc2cc(C)c(C)cc21. The summed E-state index contributed by atoms with van der Waals surface area (Å²) in [7, 11) is -0.429. The van der Waals surface area contributed by atoms with Crippen molar-refractivity contribution < 1.29 is 17.9 Å². The van der Waals surface area contributed by atoms with Crippen LogP contribution in [-0.2, 0) is 21.3 Å². The van der Waals surface area contributed by atoms with Gasteiger partial charge < -0.3 is 9.30 Å². The van der Waals surface area contributed by atoms with Gasteiger partial charge in [-0.3, -0.25) is 4.79 Å². The molecule has 2 aromatic carbocycles. The molecule has 1 heterocycles. The fourth-order valence-electron chi connectivity index (χ4n) is 3.17. The third-order valence-electron chi connectivity index (χ3n) is 5.52. The van der Waals surface area contributed by atoms with E-state index in [1.165, 1.54) is 58.1 Å².